The zero-order valence-corrected chi connectivity index (χ0v) is 7.66. The van der Waals surface area contributed by atoms with E-state index in [2.05, 4.69) is 0 Å². The van der Waals surface area contributed by atoms with Crippen LogP contribution in [0.15, 0.2) is 24.3 Å². The molecule has 1 aromatic rings. The highest BCUT2D eigenvalue weighted by Crippen LogP contribution is 2.12. The summed E-state index contributed by atoms with van der Waals surface area (Å²) in [5.74, 6) is -0.610. The fourth-order valence-electron chi connectivity index (χ4n) is 0.957. The topological polar surface area (TPSA) is 63.3 Å². The maximum atomic E-state index is 10.5. The van der Waals surface area contributed by atoms with Crippen LogP contribution in [-0.2, 0) is 10.7 Å². The number of carboxylic acid groups (broad SMARTS) is 1. The van der Waals surface area contributed by atoms with Crippen molar-refractivity contribution in [3.05, 3.63) is 35.4 Å². The molecule has 1 unspecified atom stereocenters. The summed E-state index contributed by atoms with van der Waals surface area (Å²) in [5, 5.41) is 8.61. The van der Waals surface area contributed by atoms with Crippen molar-refractivity contribution < 1.29 is 9.90 Å². The first-order valence-electron chi connectivity index (χ1n) is 3.78. The molecule has 0 aliphatic heterocycles. The van der Waals surface area contributed by atoms with Gasteiger partial charge in [-0.15, -0.1) is 11.6 Å². The zero-order valence-electron chi connectivity index (χ0n) is 6.90. The minimum absolute atomic E-state index is 0.419. The van der Waals surface area contributed by atoms with Gasteiger partial charge in [0.15, 0.2) is 0 Å². The minimum Gasteiger partial charge on any atom is -0.480 e. The number of aliphatic carboxylic acids is 1. The number of carbonyl (C=O) groups is 1. The second-order valence-electron chi connectivity index (χ2n) is 2.69. The molecule has 0 saturated carbocycles. The summed E-state index contributed by atoms with van der Waals surface area (Å²) in [6.07, 6.45) is 0. The molecule has 70 valence electrons. The summed E-state index contributed by atoms with van der Waals surface area (Å²) < 4.78 is 0. The van der Waals surface area contributed by atoms with Crippen LogP contribution in [0.25, 0.3) is 0 Å². The maximum Gasteiger partial charge on any atom is 0.325 e. The Morgan fingerprint density at radius 1 is 1.46 bits per heavy atom. The predicted molar refractivity (Wildman–Crippen MR) is 50.6 cm³/mol. The monoisotopic (exact) mass is 199 g/mol. The normalized spacial score (nSPS) is 12.5. The lowest BCUT2D eigenvalue weighted by molar-refractivity contribution is -0.138. The lowest BCUT2D eigenvalue weighted by Gasteiger charge is -2.06. The molecule has 0 aliphatic rings. The van der Waals surface area contributed by atoms with Crippen molar-refractivity contribution >= 4 is 17.6 Å². The highest BCUT2D eigenvalue weighted by atomic mass is 35.5. The van der Waals surface area contributed by atoms with Crippen molar-refractivity contribution in [2.75, 3.05) is 0 Å². The van der Waals surface area contributed by atoms with Gasteiger partial charge in [0.05, 0.1) is 0 Å². The van der Waals surface area contributed by atoms with E-state index in [1.54, 1.807) is 24.3 Å². The van der Waals surface area contributed by atoms with Crippen LogP contribution >= 0.6 is 11.6 Å². The molecule has 0 aliphatic carbocycles. The highest BCUT2D eigenvalue weighted by molar-refractivity contribution is 6.17. The molecule has 1 atom stereocenters. The van der Waals surface area contributed by atoms with Gasteiger partial charge >= 0.3 is 5.97 Å². The van der Waals surface area contributed by atoms with Crippen molar-refractivity contribution in [1.29, 1.82) is 0 Å². The molecule has 0 heterocycles. The van der Waals surface area contributed by atoms with Crippen LogP contribution in [-0.4, -0.2) is 11.1 Å². The van der Waals surface area contributed by atoms with Gasteiger partial charge in [0.1, 0.15) is 6.04 Å². The molecule has 4 heteroatoms. The van der Waals surface area contributed by atoms with Crippen LogP contribution < -0.4 is 5.73 Å². The van der Waals surface area contributed by atoms with E-state index in [4.69, 9.17) is 22.4 Å². The van der Waals surface area contributed by atoms with Crippen molar-refractivity contribution in [2.24, 2.45) is 5.73 Å². The number of rotatable bonds is 3. The van der Waals surface area contributed by atoms with Crippen LogP contribution in [0, 0.1) is 0 Å². The van der Waals surface area contributed by atoms with Gasteiger partial charge in [0, 0.05) is 5.88 Å². The molecule has 0 fully saturated rings. The number of alkyl halides is 1. The van der Waals surface area contributed by atoms with E-state index in [0.29, 0.717) is 11.4 Å². The Labute approximate surface area is 81.1 Å². The molecule has 1 rings (SSSR count). The molecule has 3 N–H and O–H groups in total. The molecule has 0 aromatic heterocycles. The van der Waals surface area contributed by atoms with Gasteiger partial charge in [-0.25, -0.2) is 0 Å². The summed E-state index contributed by atoms with van der Waals surface area (Å²) in [4.78, 5) is 10.5. The van der Waals surface area contributed by atoms with E-state index in [-0.39, 0.29) is 0 Å². The SMILES string of the molecule is NC(C(=O)O)c1ccc(CCl)cc1. The van der Waals surface area contributed by atoms with Gasteiger partial charge in [0.2, 0.25) is 0 Å². The third kappa shape index (κ3) is 2.44. The summed E-state index contributed by atoms with van der Waals surface area (Å²) in [6.45, 7) is 0. The van der Waals surface area contributed by atoms with Crippen molar-refractivity contribution in [3.8, 4) is 0 Å². The molecule has 0 amide bonds. The smallest absolute Gasteiger partial charge is 0.325 e. The molecule has 3 nitrogen and oxygen atoms in total. The van der Waals surface area contributed by atoms with Crippen molar-refractivity contribution in [3.63, 3.8) is 0 Å². The molecule has 0 spiro atoms. The number of hydrogen-bond acceptors (Lipinski definition) is 2. The lowest BCUT2D eigenvalue weighted by Crippen LogP contribution is -2.20. The Morgan fingerprint density at radius 2 is 2.00 bits per heavy atom. The summed E-state index contributed by atoms with van der Waals surface area (Å²) in [7, 11) is 0. The van der Waals surface area contributed by atoms with Crippen LogP contribution in [0.5, 0.6) is 0 Å². The number of nitrogens with two attached hydrogens (primary N) is 1. The first kappa shape index (κ1) is 10.0. The Balaban J connectivity index is 2.85. The van der Waals surface area contributed by atoms with Crippen LogP contribution in [0.1, 0.15) is 17.2 Å². The fraction of sp³-hybridized carbons (Fsp3) is 0.222. The number of hydrogen-bond donors (Lipinski definition) is 2. The molecule has 1 aromatic carbocycles. The van der Waals surface area contributed by atoms with E-state index in [1.807, 2.05) is 0 Å². The Kier molecular flexibility index (Phi) is 3.28. The first-order valence-corrected chi connectivity index (χ1v) is 4.32. The van der Waals surface area contributed by atoms with Crippen LogP contribution in [0.2, 0.25) is 0 Å². The lowest BCUT2D eigenvalue weighted by atomic mass is 10.1. The van der Waals surface area contributed by atoms with Gasteiger partial charge in [-0.2, -0.15) is 0 Å². The zero-order chi connectivity index (χ0) is 9.84. The molecule has 13 heavy (non-hydrogen) atoms. The van der Waals surface area contributed by atoms with E-state index in [9.17, 15) is 4.79 Å². The first-order chi connectivity index (χ1) is 6.15. The fourth-order valence-corrected chi connectivity index (χ4v) is 1.13. The molecule has 0 radical (unpaired) electrons. The number of carboxylic acids is 1. The van der Waals surface area contributed by atoms with Crippen LogP contribution in [0.4, 0.5) is 0 Å². The van der Waals surface area contributed by atoms with E-state index >= 15 is 0 Å². The number of benzene rings is 1. The predicted octanol–water partition coefficient (Wildman–Crippen LogP) is 1.51. The van der Waals surface area contributed by atoms with Gasteiger partial charge in [-0.1, -0.05) is 24.3 Å². The highest BCUT2D eigenvalue weighted by Gasteiger charge is 2.13. The van der Waals surface area contributed by atoms with E-state index in [0.717, 1.165) is 5.56 Å². The minimum atomic E-state index is -1.03. The average Bonchev–Trinajstić information content (AvgIpc) is 2.17. The van der Waals surface area contributed by atoms with Gasteiger partial charge in [-0.05, 0) is 11.1 Å². The second kappa shape index (κ2) is 4.25. The third-order valence-corrected chi connectivity index (χ3v) is 2.07. The van der Waals surface area contributed by atoms with E-state index < -0.39 is 12.0 Å². The van der Waals surface area contributed by atoms with Crippen molar-refractivity contribution in [1.82, 2.24) is 0 Å². The standard InChI is InChI=1S/C9H10ClNO2/c10-5-6-1-3-7(4-2-6)8(11)9(12)13/h1-4,8H,5,11H2,(H,12,13). The second-order valence-corrected chi connectivity index (χ2v) is 2.96. The van der Waals surface area contributed by atoms with E-state index in [1.165, 1.54) is 0 Å². The quantitative estimate of drug-likeness (QED) is 0.726. The summed E-state index contributed by atoms with van der Waals surface area (Å²) in [5.41, 5.74) is 6.93. The largest absolute Gasteiger partial charge is 0.480 e. The van der Waals surface area contributed by atoms with Gasteiger partial charge < -0.3 is 10.8 Å². The molecule has 0 saturated heterocycles. The van der Waals surface area contributed by atoms with Gasteiger partial charge in [0.25, 0.3) is 0 Å². The Morgan fingerprint density at radius 3 is 2.38 bits per heavy atom. The maximum absolute atomic E-state index is 10.5. The third-order valence-electron chi connectivity index (χ3n) is 1.76. The average molecular weight is 200 g/mol. The van der Waals surface area contributed by atoms with Crippen molar-refractivity contribution in [2.45, 2.75) is 11.9 Å². The Bertz CT molecular complexity index is 297. The summed E-state index contributed by atoms with van der Waals surface area (Å²) in [6, 6.07) is 5.94. The Hall–Kier alpha value is -1.06. The van der Waals surface area contributed by atoms with Crippen LogP contribution in [0.3, 0.4) is 0 Å². The van der Waals surface area contributed by atoms with Gasteiger partial charge in [-0.3, -0.25) is 4.79 Å². The molecule has 0 bridgehead atoms. The summed E-state index contributed by atoms with van der Waals surface area (Å²) >= 11 is 5.57. The number of halogens is 1. The molecular weight excluding hydrogens is 190 g/mol. The molecular formula is C9H10ClNO2.